The second kappa shape index (κ2) is 6.39. The molecular weight excluding hydrogens is 270 g/mol. The zero-order valence-electron chi connectivity index (χ0n) is 10.5. The van der Waals surface area contributed by atoms with E-state index in [1.165, 1.54) is 13.2 Å². The highest BCUT2D eigenvalue weighted by Gasteiger charge is 2.08. The molecule has 0 aromatic heterocycles. The minimum Gasteiger partial charge on any atom is -0.495 e. The predicted molar refractivity (Wildman–Crippen MR) is 72.3 cm³/mol. The Balaban J connectivity index is 2.52. The average Bonchev–Trinajstić information content (AvgIpc) is 2.33. The molecule has 1 rings (SSSR count). The molecule has 0 unspecified atom stereocenters. The van der Waals surface area contributed by atoms with Gasteiger partial charge >= 0.3 is 0 Å². The Labute approximate surface area is 112 Å². The quantitative estimate of drug-likeness (QED) is 0.489. The number of sulfonamides is 1. The molecule has 0 spiro atoms. The molecule has 1 aromatic carbocycles. The van der Waals surface area contributed by atoms with Crippen LogP contribution in [0.4, 0.5) is 5.69 Å². The lowest BCUT2D eigenvalue weighted by Crippen LogP contribution is -2.27. The van der Waals surface area contributed by atoms with Crippen LogP contribution in [0.2, 0.25) is 0 Å². The highest BCUT2D eigenvalue weighted by Crippen LogP contribution is 2.21. The standard InChI is InChI=1S/C11H17N3O4S/c1-18-10-4-3-8(7-9(10)12)11(15)14-5-2-6-19(13,16)17/h3-4,7H,2,5-6,12H2,1H3,(H,14,15)(H2,13,16,17). The first kappa shape index (κ1) is 15.3. The van der Waals surface area contributed by atoms with Crippen LogP contribution in [0.1, 0.15) is 16.8 Å². The van der Waals surface area contributed by atoms with E-state index in [-0.39, 0.29) is 24.6 Å². The number of nitrogens with two attached hydrogens (primary N) is 2. The number of hydrogen-bond donors (Lipinski definition) is 3. The Kier molecular flexibility index (Phi) is 5.13. The van der Waals surface area contributed by atoms with Crippen molar-refractivity contribution in [3.8, 4) is 5.75 Å². The van der Waals surface area contributed by atoms with E-state index in [1.807, 2.05) is 0 Å². The largest absolute Gasteiger partial charge is 0.495 e. The maximum atomic E-state index is 11.7. The molecule has 7 nitrogen and oxygen atoms in total. The third-order valence-electron chi connectivity index (χ3n) is 2.38. The fourth-order valence-corrected chi connectivity index (χ4v) is 2.00. The molecule has 0 saturated heterocycles. The highest BCUT2D eigenvalue weighted by molar-refractivity contribution is 7.89. The van der Waals surface area contributed by atoms with Gasteiger partial charge < -0.3 is 15.8 Å². The first-order valence-electron chi connectivity index (χ1n) is 5.55. The third-order valence-corrected chi connectivity index (χ3v) is 3.24. The lowest BCUT2D eigenvalue weighted by molar-refractivity contribution is 0.0953. The van der Waals surface area contributed by atoms with Gasteiger partial charge in [0.1, 0.15) is 5.75 Å². The number of methoxy groups -OCH3 is 1. The molecule has 1 aromatic rings. The Morgan fingerprint density at radius 2 is 2.11 bits per heavy atom. The molecule has 106 valence electrons. The second-order valence-electron chi connectivity index (χ2n) is 3.93. The first-order chi connectivity index (χ1) is 8.83. The second-order valence-corrected chi connectivity index (χ2v) is 5.67. The number of rotatable bonds is 6. The molecule has 1 amide bonds. The number of primary sulfonamides is 1. The Bertz CT molecular complexity index is 557. The van der Waals surface area contributed by atoms with Crippen molar-refractivity contribution in [1.82, 2.24) is 5.32 Å². The molecule has 0 fully saturated rings. The van der Waals surface area contributed by atoms with Crippen molar-refractivity contribution in [2.24, 2.45) is 5.14 Å². The van der Waals surface area contributed by atoms with Crippen molar-refractivity contribution >= 4 is 21.6 Å². The van der Waals surface area contributed by atoms with Gasteiger partial charge in [0.2, 0.25) is 10.0 Å². The summed E-state index contributed by atoms with van der Waals surface area (Å²) in [6.07, 6.45) is 0.260. The van der Waals surface area contributed by atoms with E-state index in [9.17, 15) is 13.2 Å². The summed E-state index contributed by atoms with van der Waals surface area (Å²) in [7, 11) is -2.01. The predicted octanol–water partition coefficient (Wildman–Crippen LogP) is -0.314. The number of ether oxygens (including phenoxy) is 1. The smallest absolute Gasteiger partial charge is 0.251 e. The van der Waals surface area contributed by atoms with Crippen LogP contribution in [-0.4, -0.2) is 33.7 Å². The van der Waals surface area contributed by atoms with Gasteiger partial charge in [0.15, 0.2) is 0 Å². The van der Waals surface area contributed by atoms with Crippen molar-refractivity contribution in [2.45, 2.75) is 6.42 Å². The number of hydrogen-bond acceptors (Lipinski definition) is 5. The van der Waals surface area contributed by atoms with Gasteiger partial charge in [-0.05, 0) is 24.6 Å². The molecule has 0 bridgehead atoms. The molecule has 5 N–H and O–H groups in total. The van der Waals surface area contributed by atoms with Crippen molar-refractivity contribution in [3.05, 3.63) is 23.8 Å². The normalized spacial score (nSPS) is 11.1. The van der Waals surface area contributed by atoms with Crippen LogP contribution in [0.5, 0.6) is 5.75 Å². The van der Waals surface area contributed by atoms with Crippen LogP contribution in [0.25, 0.3) is 0 Å². The topological polar surface area (TPSA) is 125 Å². The fraction of sp³-hybridized carbons (Fsp3) is 0.364. The summed E-state index contributed by atoms with van der Waals surface area (Å²) in [5.41, 5.74) is 6.42. The summed E-state index contributed by atoms with van der Waals surface area (Å²) in [5, 5.41) is 7.43. The number of amides is 1. The summed E-state index contributed by atoms with van der Waals surface area (Å²) in [6.45, 7) is 0.223. The molecule has 0 atom stereocenters. The molecule has 0 radical (unpaired) electrons. The van der Waals surface area contributed by atoms with Crippen molar-refractivity contribution < 1.29 is 17.9 Å². The van der Waals surface area contributed by atoms with E-state index in [0.717, 1.165) is 0 Å². The molecular formula is C11H17N3O4S. The van der Waals surface area contributed by atoms with Crippen LogP contribution < -0.4 is 20.9 Å². The lowest BCUT2D eigenvalue weighted by Gasteiger charge is -2.08. The van der Waals surface area contributed by atoms with E-state index in [4.69, 9.17) is 15.6 Å². The third kappa shape index (κ3) is 5.14. The zero-order valence-corrected chi connectivity index (χ0v) is 11.4. The van der Waals surface area contributed by atoms with Gasteiger partial charge in [-0.1, -0.05) is 0 Å². The minimum absolute atomic E-state index is 0.169. The summed E-state index contributed by atoms with van der Waals surface area (Å²) in [6, 6.07) is 4.66. The van der Waals surface area contributed by atoms with Crippen LogP contribution in [-0.2, 0) is 10.0 Å². The van der Waals surface area contributed by atoms with Gasteiger partial charge in [-0.3, -0.25) is 4.79 Å². The van der Waals surface area contributed by atoms with Crippen molar-refractivity contribution in [2.75, 3.05) is 25.1 Å². The molecule has 19 heavy (non-hydrogen) atoms. The molecule has 0 aliphatic heterocycles. The van der Waals surface area contributed by atoms with Crippen LogP contribution in [0, 0.1) is 0 Å². The van der Waals surface area contributed by atoms with Crippen LogP contribution in [0.15, 0.2) is 18.2 Å². The Morgan fingerprint density at radius 1 is 1.42 bits per heavy atom. The van der Waals surface area contributed by atoms with Gasteiger partial charge in [-0.2, -0.15) is 0 Å². The number of benzene rings is 1. The van der Waals surface area contributed by atoms with Gasteiger partial charge in [0, 0.05) is 12.1 Å². The maximum absolute atomic E-state index is 11.7. The molecule has 0 saturated carbocycles. The summed E-state index contributed by atoms with van der Waals surface area (Å²) < 4.78 is 26.4. The fourth-order valence-electron chi connectivity index (χ4n) is 1.45. The van der Waals surface area contributed by atoms with Gasteiger partial charge in [0.05, 0.1) is 18.6 Å². The van der Waals surface area contributed by atoms with Gasteiger partial charge in [-0.25, -0.2) is 13.6 Å². The Hall–Kier alpha value is -1.80. The number of nitrogens with one attached hydrogen (secondary N) is 1. The van der Waals surface area contributed by atoms with Gasteiger partial charge in [-0.15, -0.1) is 0 Å². The van der Waals surface area contributed by atoms with Crippen molar-refractivity contribution in [1.29, 1.82) is 0 Å². The maximum Gasteiger partial charge on any atom is 0.251 e. The number of anilines is 1. The van der Waals surface area contributed by atoms with E-state index in [1.54, 1.807) is 12.1 Å². The van der Waals surface area contributed by atoms with Gasteiger partial charge in [0.25, 0.3) is 5.91 Å². The molecule has 8 heteroatoms. The van der Waals surface area contributed by atoms with E-state index in [2.05, 4.69) is 5.32 Å². The van der Waals surface area contributed by atoms with Crippen LogP contribution >= 0.6 is 0 Å². The SMILES string of the molecule is COc1ccc(C(=O)NCCCS(N)(=O)=O)cc1N. The lowest BCUT2D eigenvalue weighted by atomic mass is 10.1. The number of carbonyl (C=O) groups is 1. The van der Waals surface area contributed by atoms with E-state index < -0.39 is 10.0 Å². The highest BCUT2D eigenvalue weighted by atomic mass is 32.2. The summed E-state index contributed by atoms with van der Waals surface area (Å²) in [5.74, 6) is -0.00700. The average molecular weight is 287 g/mol. The zero-order chi connectivity index (χ0) is 14.5. The number of nitrogen functional groups attached to an aromatic ring is 1. The monoisotopic (exact) mass is 287 g/mol. The van der Waals surface area contributed by atoms with Crippen molar-refractivity contribution in [3.63, 3.8) is 0 Å². The first-order valence-corrected chi connectivity index (χ1v) is 7.27. The molecule has 0 aliphatic rings. The van der Waals surface area contributed by atoms with E-state index >= 15 is 0 Å². The summed E-state index contributed by atoms with van der Waals surface area (Å²) in [4.78, 5) is 11.7. The minimum atomic E-state index is -3.49. The Morgan fingerprint density at radius 3 is 2.63 bits per heavy atom. The van der Waals surface area contributed by atoms with E-state index in [0.29, 0.717) is 17.0 Å². The van der Waals surface area contributed by atoms with Crippen LogP contribution in [0.3, 0.4) is 0 Å². The number of carbonyl (C=O) groups excluding carboxylic acids is 1. The summed E-state index contributed by atoms with van der Waals surface area (Å²) >= 11 is 0. The molecule has 0 heterocycles. The molecule has 0 aliphatic carbocycles.